The van der Waals surface area contributed by atoms with E-state index in [2.05, 4.69) is 5.32 Å². The minimum absolute atomic E-state index is 0.00336. The number of carbonyl (C=O) groups is 1. The molecule has 1 aromatic carbocycles. The summed E-state index contributed by atoms with van der Waals surface area (Å²) in [6, 6.07) is 7.43. The molecule has 0 bridgehead atoms. The first-order chi connectivity index (χ1) is 8.58. The fraction of sp³-hybridized carbons (Fsp3) is 0.357. The Morgan fingerprint density at radius 3 is 2.78 bits per heavy atom. The summed E-state index contributed by atoms with van der Waals surface area (Å²) in [4.78, 5) is 12.0. The Hall–Kier alpha value is -1.32. The zero-order chi connectivity index (χ0) is 13.1. The van der Waals surface area contributed by atoms with Crippen LogP contribution in [0.2, 0.25) is 5.02 Å². The van der Waals surface area contributed by atoms with Crippen LogP contribution in [-0.2, 0) is 4.79 Å². The lowest BCUT2D eigenvalue weighted by Crippen LogP contribution is -2.32. The standard InChI is InChI=1S/C14H17ClN2O/c1-9(12-4-2-3-5-13(12)15)17-14(18)10-6-7-11(16)8-10/h2-7,9-11H,8,16H2,1H3,(H,17,18)/t9-,10?,11?/m0/s1. The number of rotatable bonds is 3. The number of halogens is 1. The van der Waals surface area contributed by atoms with Gasteiger partial charge < -0.3 is 11.1 Å². The first-order valence-corrected chi connectivity index (χ1v) is 6.44. The predicted molar refractivity (Wildman–Crippen MR) is 73.2 cm³/mol. The molecule has 3 atom stereocenters. The highest BCUT2D eigenvalue weighted by atomic mass is 35.5. The van der Waals surface area contributed by atoms with Crippen LogP contribution in [0.1, 0.15) is 24.9 Å². The molecular formula is C14H17ClN2O. The highest BCUT2D eigenvalue weighted by molar-refractivity contribution is 6.31. The van der Waals surface area contributed by atoms with E-state index < -0.39 is 0 Å². The largest absolute Gasteiger partial charge is 0.349 e. The molecule has 2 rings (SSSR count). The van der Waals surface area contributed by atoms with E-state index in [4.69, 9.17) is 17.3 Å². The Balaban J connectivity index is 2.00. The molecule has 1 aromatic rings. The van der Waals surface area contributed by atoms with Crippen molar-refractivity contribution in [3.05, 3.63) is 47.0 Å². The number of benzene rings is 1. The number of hydrogen-bond acceptors (Lipinski definition) is 2. The lowest BCUT2D eigenvalue weighted by atomic mass is 10.0. The number of hydrogen-bond donors (Lipinski definition) is 2. The van der Waals surface area contributed by atoms with Gasteiger partial charge in [-0.25, -0.2) is 0 Å². The third kappa shape index (κ3) is 2.92. The molecule has 0 aliphatic heterocycles. The zero-order valence-corrected chi connectivity index (χ0v) is 11.0. The summed E-state index contributed by atoms with van der Waals surface area (Å²) in [5.74, 6) is -0.114. The van der Waals surface area contributed by atoms with E-state index in [1.54, 1.807) is 0 Å². The molecular weight excluding hydrogens is 248 g/mol. The van der Waals surface area contributed by atoms with Crippen molar-refractivity contribution in [3.63, 3.8) is 0 Å². The maximum atomic E-state index is 12.0. The van der Waals surface area contributed by atoms with E-state index in [-0.39, 0.29) is 23.9 Å². The summed E-state index contributed by atoms with van der Waals surface area (Å²) in [5, 5.41) is 3.64. The lowest BCUT2D eigenvalue weighted by Gasteiger charge is -2.18. The third-order valence-corrected chi connectivity index (χ3v) is 3.53. The molecule has 3 nitrogen and oxygen atoms in total. The first-order valence-electron chi connectivity index (χ1n) is 6.06. The van der Waals surface area contributed by atoms with Crippen molar-refractivity contribution in [2.45, 2.75) is 25.4 Å². The SMILES string of the molecule is C[C@H](NC(=O)C1C=CC(N)C1)c1ccccc1Cl. The molecule has 4 heteroatoms. The van der Waals surface area contributed by atoms with Crippen molar-refractivity contribution in [1.82, 2.24) is 5.32 Å². The summed E-state index contributed by atoms with van der Waals surface area (Å²) in [7, 11) is 0. The van der Waals surface area contributed by atoms with Crippen LogP contribution in [0, 0.1) is 5.92 Å². The van der Waals surface area contributed by atoms with Crippen LogP contribution in [0.5, 0.6) is 0 Å². The zero-order valence-electron chi connectivity index (χ0n) is 10.3. The molecule has 0 radical (unpaired) electrons. The Kier molecular flexibility index (Phi) is 4.04. The van der Waals surface area contributed by atoms with Gasteiger partial charge in [0.25, 0.3) is 0 Å². The first kappa shape index (κ1) is 13.1. The Morgan fingerprint density at radius 1 is 1.44 bits per heavy atom. The van der Waals surface area contributed by atoms with Crippen molar-refractivity contribution < 1.29 is 4.79 Å². The number of nitrogens with two attached hydrogens (primary N) is 1. The van der Waals surface area contributed by atoms with Gasteiger partial charge in [-0.2, -0.15) is 0 Å². The van der Waals surface area contributed by atoms with Crippen LogP contribution in [-0.4, -0.2) is 11.9 Å². The van der Waals surface area contributed by atoms with Gasteiger partial charge in [-0.1, -0.05) is 42.0 Å². The second kappa shape index (κ2) is 5.55. The average molecular weight is 265 g/mol. The van der Waals surface area contributed by atoms with Crippen LogP contribution in [0.3, 0.4) is 0 Å². The Morgan fingerprint density at radius 2 is 2.17 bits per heavy atom. The maximum Gasteiger partial charge on any atom is 0.227 e. The Labute approximate surface area is 112 Å². The molecule has 0 saturated heterocycles. The minimum Gasteiger partial charge on any atom is -0.349 e. The van der Waals surface area contributed by atoms with Crippen LogP contribution in [0.15, 0.2) is 36.4 Å². The van der Waals surface area contributed by atoms with E-state index in [1.807, 2.05) is 43.3 Å². The van der Waals surface area contributed by atoms with Gasteiger partial charge in [-0.05, 0) is 25.0 Å². The highest BCUT2D eigenvalue weighted by Gasteiger charge is 2.24. The Bertz CT molecular complexity index is 473. The van der Waals surface area contributed by atoms with Crippen LogP contribution >= 0.6 is 11.6 Å². The molecule has 0 aromatic heterocycles. The van der Waals surface area contributed by atoms with Gasteiger partial charge in [0, 0.05) is 11.1 Å². The molecule has 18 heavy (non-hydrogen) atoms. The molecule has 0 heterocycles. The van der Waals surface area contributed by atoms with Gasteiger partial charge in [0.05, 0.1) is 12.0 Å². The van der Waals surface area contributed by atoms with Gasteiger partial charge in [0.1, 0.15) is 0 Å². The molecule has 0 saturated carbocycles. The van der Waals surface area contributed by atoms with Crippen molar-refractivity contribution in [2.75, 3.05) is 0 Å². The van der Waals surface area contributed by atoms with Crippen molar-refractivity contribution in [1.29, 1.82) is 0 Å². The topological polar surface area (TPSA) is 55.1 Å². The smallest absolute Gasteiger partial charge is 0.227 e. The van der Waals surface area contributed by atoms with E-state index in [9.17, 15) is 4.79 Å². The van der Waals surface area contributed by atoms with Gasteiger partial charge >= 0.3 is 0 Å². The van der Waals surface area contributed by atoms with Crippen molar-refractivity contribution >= 4 is 17.5 Å². The molecule has 0 fully saturated rings. The van der Waals surface area contributed by atoms with Crippen molar-refractivity contribution in [3.8, 4) is 0 Å². The second-order valence-corrected chi connectivity index (χ2v) is 5.05. The summed E-state index contributed by atoms with van der Waals surface area (Å²) in [6.07, 6.45) is 4.44. The summed E-state index contributed by atoms with van der Waals surface area (Å²) in [6.45, 7) is 1.93. The molecule has 3 N–H and O–H groups in total. The van der Waals surface area contributed by atoms with Gasteiger partial charge in [-0.15, -0.1) is 0 Å². The summed E-state index contributed by atoms with van der Waals surface area (Å²) >= 11 is 6.10. The fourth-order valence-corrected chi connectivity index (χ4v) is 2.45. The third-order valence-electron chi connectivity index (χ3n) is 3.18. The fourth-order valence-electron chi connectivity index (χ4n) is 2.15. The number of nitrogens with one attached hydrogen (secondary N) is 1. The average Bonchev–Trinajstić information content (AvgIpc) is 2.76. The van der Waals surface area contributed by atoms with E-state index in [0.29, 0.717) is 11.4 Å². The molecule has 96 valence electrons. The predicted octanol–water partition coefficient (Wildman–Crippen LogP) is 2.42. The lowest BCUT2D eigenvalue weighted by molar-refractivity contribution is -0.124. The molecule has 1 amide bonds. The molecule has 1 aliphatic rings. The normalized spacial score (nSPS) is 23.9. The van der Waals surface area contributed by atoms with Crippen LogP contribution < -0.4 is 11.1 Å². The second-order valence-electron chi connectivity index (χ2n) is 4.64. The van der Waals surface area contributed by atoms with Crippen LogP contribution in [0.4, 0.5) is 0 Å². The summed E-state index contributed by atoms with van der Waals surface area (Å²) < 4.78 is 0. The number of amides is 1. The van der Waals surface area contributed by atoms with E-state index in [1.165, 1.54) is 0 Å². The molecule has 0 spiro atoms. The highest BCUT2D eigenvalue weighted by Crippen LogP contribution is 2.23. The summed E-state index contributed by atoms with van der Waals surface area (Å²) in [5.41, 5.74) is 6.67. The van der Waals surface area contributed by atoms with E-state index in [0.717, 1.165) is 5.56 Å². The van der Waals surface area contributed by atoms with Gasteiger partial charge in [0.2, 0.25) is 5.91 Å². The maximum absolute atomic E-state index is 12.0. The van der Waals surface area contributed by atoms with Crippen molar-refractivity contribution in [2.24, 2.45) is 11.7 Å². The van der Waals surface area contributed by atoms with Gasteiger partial charge in [-0.3, -0.25) is 4.79 Å². The minimum atomic E-state index is -0.120. The quantitative estimate of drug-likeness (QED) is 0.824. The molecule has 2 unspecified atom stereocenters. The molecule has 1 aliphatic carbocycles. The van der Waals surface area contributed by atoms with Gasteiger partial charge in [0.15, 0.2) is 0 Å². The van der Waals surface area contributed by atoms with Crippen LogP contribution in [0.25, 0.3) is 0 Å². The number of carbonyl (C=O) groups excluding carboxylic acids is 1. The monoisotopic (exact) mass is 264 g/mol. The van der Waals surface area contributed by atoms with E-state index >= 15 is 0 Å².